The van der Waals surface area contributed by atoms with E-state index in [1.807, 2.05) is 0 Å². The topological polar surface area (TPSA) is 474 Å². The van der Waals surface area contributed by atoms with E-state index >= 15 is 0 Å². The molecule has 0 aromatic heterocycles. The number of carbonyl (C=O) groups is 13. The second kappa shape index (κ2) is 36.9. The summed E-state index contributed by atoms with van der Waals surface area (Å²) in [6, 6.07) is 0. The molecule has 0 spiro atoms. The van der Waals surface area contributed by atoms with Crippen molar-refractivity contribution in [2.75, 3.05) is 52.8 Å². The van der Waals surface area contributed by atoms with E-state index in [-0.39, 0.29) is 19.8 Å². The van der Waals surface area contributed by atoms with Crippen LogP contribution in [0, 0.1) is 0 Å². The van der Waals surface area contributed by atoms with Crippen LogP contribution in [-0.2, 0) is 167 Å². The van der Waals surface area contributed by atoms with Gasteiger partial charge in [0, 0.05) is 101 Å². The summed E-state index contributed by atoms with van der Waals surface area (Å²) in [6.07, 6.45) is -40.3. The Morgan fingerprint density at radius 2 is 0.554 bits per heavy atom. The lowest BCUT2D eigenvalue weighted by Gasteiger charge is -2.51. The van der Waals surface area contributed by atoms with E-state index in [4.69, 9.17) is 110 Å². The normalized spacial score (nSPS) is 30.8. The molecule has 516 valence electrons. The number of nitrogens with zero attached hydrogens (tertiary/aromatic N) is 3. The molecule has 0 N–H and O–H groups in total. The average Bonchev–Trinajstić information content (AvgIpc) is 0.775. The molecule has 4 fully saturated rings. The molecule has 4 saturated heterocycles. The van der Waals surface area contributed by atoms with Gasteiger partial charge in [0.25, 0.3) is 0 Å². The standard InChI is InChI=1S/C54H75N3O35/c1-22(58)73-18-35-42(80-29(8)65)46(47(84-33(12)69)51(86-35)72-17-16-71-15-14-56-57-55)90-53-49(44(82-31(10)67)40(78-27(6)63)37(88-53)20-75-24(3)60)92-54-50(45(83-32(11)68)41(79-28(7)64)38(89-54)21-76-25(4)61)91-52-48(85-34(13)70)43(81-30(9)66)39(77-26(5)62)36(87-52)19-74-23(2)59/h35-54H,14-21H2,1-13H3/t35-,36-,37-,38-,39-,40-,41-,42-,43+,44+,45+,46+,47+,48+,49+,50+,51+,52-,53-,54-/m1/s1. The summed E-state index contributed by atoms with van der Waals surface area (Å²) < 4.78 is 129. The van der Waals surface area contributed by atoms with Crippen LogP contribution in [0.4, 0.5) is 0 Å². The van der Waals surface area contributed by atoms with Crippen molar-refractivity contribution in [2.45, 2.75) is 213 Å². The van der Waals surface area contributed by atoms with Crippen molar-refractivity contribution in [3.8, 4) is 0 Å². The molecule has 20 atom stereocenters. The zero-order valence-corrected chi connectivity index (χ0v) is 52.3. The summed E-state index contributed by atoms with van der Waals surface area (Å²) in [5.74, 6) is -13.7. The first-order valence-electron chi connectivity index (χ1n) is 28.2. The molecule has 4 aliphatic heterocycles. The lowest BCUT2D eigenvalue weighted by molar-refractivity contribution is -0.403. The third-order valence-electron chi connectivity index (χ3n) is 12.7. The first kappa shape index (κ1) is 76.5. The number of hydrogen-bond acceptors (Lipinski definition) is 36. The van der Waals surface area contributed by atoms with Gasteiger partial charge in [-0.3, -0.25) is 62.3 Å². The van der Waals surface area contributed by atoms with Gasteiger partial charge in [0.15, 0.2) is 92.3 Å². The van der Waals surface area contributed by atoms with Gasteiger partial charge in [0.1, 0.15) is 56.9 Å². The Hall–Kier alpha value is -7.94. The highest BCUT2D eigenvalue weighted by Crippen LogP contribution is 2.40. The molecule has 92 heavy (non-hydrogen) atoms. The molecule has 38 heteroatoms. The Kier molecular flexibility index (Phi) is 30.7. The Morgan fingerprint density at radius 1 is 0.304 bits per heavy atom. The summed E-state index contributed by atoms with van der Waals surface area (Å²) in [7, 11) is 0. The Bertz CT molecular complexity index is 2670. The smallest absolute Gasteiger partial charge is 0.303 e. The van der Waals surface area contributed by atoms with E-state index in [0.29, 0.717) is 0 Å². The van der Waals surface area contributed by atoms with Gasteiger partial charge >= 0.3 is 77.6 Å². The van der Waals surface area contributed by atoms with Gasteiger partial charge < -0.3 is 104 Å². The predicted molar refractivity (Wildman–Crippen MR) is 287 cm³/mol. The van der Waals surface area contributed by atoms with Gasteiger partial charge in [-0.1, -0.05) is 5.11 Å². The summed E-state index contributed by atoms with van der Waals surface area (Å²) in [6.45, 7) is 8.02. The fourth-order valence-electron chi connectivity index (χ4n) is 9.64. The van der Waals surface area contributed by atoms with Crippen LogP contribution in [0.5, 0.6) is 0 Å². The minimum atomic E-state index is -2.41. The molecule has 0 unspecified atom stereocenters. The molecule has 0 amide bonds. The highest BCUT2D eigenvalue weighted by atomic mass is 16.8. The maximum atomic E-state index is 13.5. The van der Waals surface area contributed by atoms with Crippen molar-refractivity contribution in [3.63, 3.8) is 0 Å². The fourth-order valence-corrected chi connectivity index (χ4v) is 9.64. The molecule has 0 aromatic carbocycles. The van der Waals surface area contributed by atoms with Crippen LogP contribution in [0.1, 0.15) is 90.0 Å². The van der Waals surface area contributed by atoms with E-state index in [2.05, 4.69) is 10.0 Å². The average molecular weight is 1330 g/mol. The van der Waals surface area contributed by atoms with Crippen LogP contribution in [0.2, 0.25) is 0 Å². The molecule has 4 rings (SSSR count). The number of rotatable bonds is 30. The zero-order chi connectivity index (χ0) is 68.7. The molecule has 0 saturated carbocycles. The van der Waals surface area contributed by atoms with Gasteiger partial charge in [-0.05, 0) is 5.53 Å². The number of carbonyl (C=O) groups excluding carboxylic acids is 13. The van der Waals surface area contributed by atoms with Gasteiger partial charge in [-0.15, -0.1) is 0 Å². The van der Waals surface area contributed by atoms with Crippen LogP contribution < -0.4 is 0 Å². The minimum absolute atomic E-state index is 0.0919. The highest BCUT2D eigenvalue weighted by Gasteiger charge is 2.62. The third kappa shape index (κ3) is 24.3. The molecular formula is C54H75N3O35. The van der Waals surface area contributed by atoms with E-state index in [9.17, 15) is 62.3 Å². The first-order chi connectivity index (χ1) is 43.3. The van der Waals surface area contributed by atoms with Crippen molar-refractivity contribution in [3.05, 3.63) is 10.4 Å². The quantitative estimate of drug-likeness (QED) is 0.0208. The molecule has 38 nitrogen and oxygen atoms in total. The monoisotopic (exact) mass is 1330 g/mol. The predicted octanol–water partition coefficient (Wildman–Crippen LogP) is -0.977. The Balaban J connectivity index is 2.16. The maximum absolute atomic E-state index is 13.5. The number of azide groups is 1. The second-order valence-corrected chi connectivity index (χ2v) is 20.3. The van der Waals surface area contributed by atoms with Gasteiger partial charge in [0.05, 0.1) is 19.8 Å². The van der Waals surface area contributed by atoms with Gasteiger partial charge in [0.2, 0.25) is 0 Å². The maximum Gasteiger partial charge on any atom is 0.303 e. The lowest BCUT2D eigenvalue weighted by Crippen LogP contribution is -2.70. The van der Waals surface area contributed by atoms with Crippen molar-refractivity contribution in [1.29, 1.82) is 0 Å². The Labute approximate surface area is 524 Å². The summed E-state index contributed by atoms with van der Waals surface area (Å²) >= 11 is 0. The van der Waals surface area contributed by atoms with Crippen LogP contribution in [0.15, 0.2) is 5.11 Å². The van der Waals surface area contributed by atoms with Crippen molar-refractivity contribution >= 4 is 77.6 Å². The zero-order valence-electron chi connectivity index (χ0n) is 52.3. The molecule has 0 aromatic rings. The number of ether oxygens (including phenoxy) is 22. The number of hydrogen-bond donors (Lipinski definition) is 0. The van der Waals surface area contributed by atoms with E-state index in [1.54, 1.807) is 0 Å². The SMILES string of the molecule is CC(=O)OC[C@H]1O[C@H](O[C@@H]2[C@@H](O[C@@H]3[C@@H](O[C@@H]4[C@H](OC(C)=O)[C@@H](OCCOCCN=[N+]=[N-])O[C@H](COC(C)=O)[C@H]4OC(C)=O)O[C@H](COC(C)=O)[C@@H](OC(C)=O)[C@@H]3OC(C)=O)O[C@H](COC(C)=O)[C@@H](OC(C)=O)[C@@H]2OC(C)=O)[C@@H](OC(C)=O)[C@@H](OC(C)=O)[C@@H]1OC(C)=O. The van der Waals surface area contributed by atoms with Crippen molar-refractivity contribution in [2.24, 2.45) is 5.11 Å². The lowest BCUT2D eigenvalue weighted by atomic mass is 9.94. The molecule has 4 aliphatic rings. The molecular weight excluding hydrogens is 1250 g/mol. The largest absolute Gasteiger partial charge is 0.463 e. The first-order valence-corrected chi connectivity index (χ1v) is 28.2. The summed E-state index contributed by atoms with van der Waals surface area (Å²) in [4.78, 5) is 171. The van der Waals surface area contributed by atoms with Crippen LogP contribution in [0.25, 0.3) is 10.4 Å². The third-order valence-corrected chi connectivity index (χ3v) is 12.7. The minimum Gasteiger partial charge on any atom is -0.463 e. The van der Waals surface area contributed by atoms with E-state index in [1.165, 1.54) is 0 Å². The van der Waals surface area contributed by atoms with Gasteiger partial charge in [-0.2, -0.15) is 0 Å². The van der Waals surface area contributed by atoms with E-state index < -0.39 is 233 Å². The molecule has 4 heterocycles. The second-order valence-electron chi connectivity index (χ2n) is 20.3. The summed E-state index contributed by atoms with van der Waals surface area (Å²) in [5.41, 5.74) is 8.70. The molecule has 0 radical (unpaired) electrons. The van der Waals surface area contributed by atoms with Crippen LogP contribution in [0.3, 0.4) is 0 Å². The van der Waals surface area contributed by atoms with Crippen molar-refractivity contribution in [1.82, 2.24) is 0 Å². The molecule has 0 bridgehead atoms. The van der Waals surface area contributed by atoms with Gasteiger partial charge in [-0.25, -0.2) is 0 Å². The Morgan fingerprint density at radius 3 is 0.859 bits per heavy atom. The fraction of sp³-hybridized carbons (Fsp3) is 0.759. The van der Waals surface area contributed by atoms with Crippen LogP contribution >= 0.6 is 0 Å². The molecule has 0 aliphatic carbocycles. The summed E-state index contributed by atoms with van der Waals surface area (Å²) in [5, 5.41) is 3.38. The van der Waals surface area contributed by atoms with Crippen molar-refractivity contribution < 1.29 is 167 Å². The van der Waals surface area contributed by atoms with Crippen LogP contribution in [-0.4, -0.2) is 253 Å². The highest BCUT2D eigenvalue weighted by molar-refractivity contribution is 5.71. The van der Waals surface area contributed by atoms with E-state index in [0.717, 1.165) is 90.0 Å². The number of esters is 13.